The Balaban J connectivity index is 2.40. The molecule has 0 radical (unpaired) electrons. The molecule has 0 amide bonds. The minimum Gasteiger partial charge on any atom is -0.354 e. The second kappa shape index (κ2) is 6.12. The fourth-order valence-corrected chi connectivity index (χ4v) is 2.60. The Morgan fingerprint density at radius 1 is 1.14 bits per heavy atom. The molecule has 7 heteroatoms. The van der Waals surface area contributed by atoms with Crippen LogP contribution in [-0.2, 0) is 6.18 Å². The lowest BCUT2D eigenvalue weighted by atomic mass is 10.1. The number of hydrogen-bond donors (Lipinski definition) is 1. The van der Waals surface area contributed by atoms with Gasteiger partial charge in [-0.2, -0.15) is 18.4 Å². The van der Waals surface area contributed by atoms with Crippen LogP contribution in [0.5, 0.6) is 0 Å². The highest BCUT2D eigenvalue weighted by Gasteiger charge is 2.33. The molecule has 21 heavy (non-hydrogen) atoms. The smallest absolute Gasteiger partial charge is 0.354 e. The average molecular weight is 423 g/mol. The summed E-state index contributed by atoms with van der Waals surface area (Å²) in [5.41, 5.74) is -0.683. The third-order valence-electron chi connectivity index (χ3n) is 2.66. The summed E-state index contributed by atoms with van der Waals surface area (Å²) in [7, 11) is 0. The Kier molecular flexibility index (Phi) is 4.64. The summed E-state index contributed by atoms with van der Waals surface area (Å²) in [4.78, 5) is 0. The van der Waals surface area contributed by atoms with Crippen molar-refractivity contribution in [2.45, 2.75) is 6.18 Å². The second-order valence-electron chi connectivity index (χ2n) is 4.12. The molecule has 108 valence electrons. The first kappa shape index (κ1) is 15.9. The van der Waals surface area contributed by atoms with Gasteiger partial charge in [-0.05, 0) is 59.0 Å². The van der Waals surface area contributed by atoms with E-state index >= 15 is 0 Å². The Bertz CT molecular complexity index is 723. The zero-order chi connectivity index (χ0) is 15.6. The Hall–Kier alpha value is -1.46. The number of alkyl halides is 3. The van der Waals surface area contributed by atoms with Gasteiger partial charge < -0.3 is 5.32 Å². The van der Waals surface area contributed by atoms with Gasteiger partial charge in [-0.15, -0.1) is 0 Å². The van der Waals surface area contributed by atoms with Crippen molar-refractivity contribution in [2.24, 2.45) is 0 Å². The number of nitriles is 1. The standard InChI is InChI=1S/C14H7ClF3IN2/c15-12-5-9(19)2-4-13(12)21-10-3-1-8(7-20)11(6-10)14(16,17)18/h1-6,21H. The van der Waals surface area contributed by atoms with E-state index in [4.69, 9.17) is 16.9 Å². The van der Waals surface area contributed by atoms with E-state index in [2.05, 4.69) is 27.9 Å². The molecule has 0 saturated heterocycles. The highest BCUT2D eigenvalue weighted by molar-refractivity contribution is 14.1. The summed E-state index contributed by atoms with van der Waals surface area (Å²) >= 11 is 8.11. The van der Waals surface area contributed by atoms with Crippen molar-refractivity contribution in [2.75, 3.05) is 5.32 Å². The van der Waals surface area contributed by atoms with Crippen molar-refractivity contribution in [3.63, 3.8) is 0 Å². The van der Waals surface area contributed by atoms with Crippen LogP contribution in [0.25, 0.3) is 0 Å². The van der Waals surface area contributed by atoms with E-state index in [0.717, 1.165) is 15.7 Å². The SMILES string of the molecule is N#Cc1ccc(Nc2ccc(I)cc2Cl)cc1C(F)(F)F. The molecule has 0 aromatic heterocycles. The number of nitrogens with one attached hydrogen (secondary N) is 1. The number of nitrogens with zero attached hydrogens (tertiary/aromatic N) is 1. The van der Waals surface area contributed by atoms with Crippen molar-refractivity contribution in [3.8, 4) is 6.07 Å². The molecule has 0 aliphatic rings. The van der Waals surface area contributed by atoms with Crippen LogP contribution in [0.15, 0.2) is 36.4 Å². The highest BCUT2D eigenvalue weighted by Crippen LogP contribution is 2.35. The van der Waals surface area contributed by atoms with Crippen molar-refractivity contribution < 1.29 is 13.2 Å². The maximum atomic E-state index is 12.9. The predicted octanol–water partition coefficient (Wildman–Crippen LogP) is 5.58. The highest BCUT2D eigenvalue weighted by atomic mass is 127. The van der Waals surface area contributed by atoms with Crippen molar-refractivity contribution >= 4 is 45.6 Å². The van der Waals surface area contributed by atoms with Crippen LogP contribution >= 0.6 is 34.2 Å². The summed E-state index contributed by atoms with van der Waals surface area (Å²) in [6.07, 6.45) is -4.58. The van der Waals surface area contributed by atoms with Gasteiger partial charge >= 0.3 is 6.18 Å². The molecule has 0 fully saturated rings. The lowest BCUT2D eigenvalue weighted by Crippen LogP contribution is -2.08. The molecule has 0 heterocycles. The van der Waals surface area contributed by atoms with Crippen LogP contribution in [0.2, 0.25) is 5.02 Å². The molecule has 0 atom stereocenters. The first-order valence-electron chi connectivity index (χ1n) is 5.64. The lowest BCUT2D eigenvalue weighted by Gasteiger charge is -2.13. The number of anilines is 2. The number of halogens is 5. The fourth-order valence-electron chi connectivity index (χ4n) is 1.70. The summed E-state index contributed by atoms with van der Waals surface area (Å²) in [5.74, 6) is 0. The Morgan fingerprint density at radius 2 is 1.86 bits per heavy atom. The molecule has 2 rings (SSSR count). The van der Waals surface area contributed by atoms with Gasteiger partial charge in [-0.3, -0.25) is 0 Å². The molecule has 1 N–H and O–H groups in total. The summed E-state index contributed by atoms with van der Waals surface area (Å²) in [6.45, 7) is 0. The molecule has 0 bridgehead atoms. The molecular weight excluding hydrogens is 416 g/mol. The third-order valence-corrected chi connectivity index (χ3v) is 3.64. The van der Waals surface area contributed by atoms with Crippen LogP contribution in [0.4, 0.5) is 24.5 Å². The monoisotopic (exact) mass is 422 g/mol. The quantitative estimate of drug-likeness (QED) is 0.642. The van der Waals surface area contributed by atoms with Gasteiger partial charge in [0.1, 0.15) is 0 Å². The van der Waals surface area contributed by atoms with Crippen LogP contribution in [0, 0.1) is 14.9 Å². The number of rotatable bonds is 2. The summed E-state index contributed by atoms with van der Waals surface area (Å²) in [6, 6.07) is 10.1. The predicted molar refractivity (Wildman–Crippen MR) is 83.6 cm³/mol. The third kappa shape index (κ3) is 3.80. The minimum atomic E-state index is -4.58. The van der Waals surface area contributed by atoms with Gasteiger partial charge in [-0.1, -0.05) is 11.6 Å². The molecule has 2 aromatic rings. The fraction of sp³-hybridized carbons (Fsp3) is 0.0714. The van der Waals surface area contributed by atoms with Crippen LogP contribution in [0.3, 0.4) is 0 Å². The van der Waals surface area contributed by atoms with Gasteiger partial charge in [0.15, 0.2) is 0 Å². The summed E-state index contributed by atoms with van der Waals surface area (Å²) < 4.78 is 39.6. The minimum absolute atomic E-state index is 0.212. The zero-order valence-corrected chi connectivity index (χ0v) is 13.2. The first-order chi connectivity index (χ1) is 9.81. The number of benzene rings is 2. The molecule has 0 unspecified atom stereocenters. The molecule has 0 saturated carbocycles. The molecule has 0 aliphatic carbocycles. The van der Waals surface area contributed by atoms with Gasteiger partial charge in [-0.25, -0.2) is 0 Å². The Labute approximate surface area is 137 Å². The van der Waals surface area contributed by atoms with E-state index in [0.29, 0.717) is 10.7 Å². The maximum absolute atomic E-state index is 12.9. The second-order valence-corrected chi connectivity index (χ2v) is 5.77. The molecule has 2 nitrogen and oxygen atoms in total. The van der Waals surface area contributed by atoms with Crippen LogP contribution in [0.1, 0.15) is 11.1 Å². The van der Waals surface area contributed by atoms with Gasteiger partial charge in [0, 0.05) is 9.26 Å². The summed E-state index contributed by atoms with van der Waals surface area (Å²) in [5, 5.41) is 12.0. The van der Waals surface area contributed by atoms with E-state index < -0.39 is 17.3 Å². The van der Waals surface area contributed by atoms with Crippen molar-refractivity contribution in [3.05, 3.63) is 56.1 Å². The molecule has 0 aliphatic heterocycles. The van der Waals surface area contributed by atoms with Crippen LogP contribution in [-0.4, -0.2) is 0 Å². The Morgan fingerprint density at radius 3 is 2.43 bits per heavy atom. The molecule has 2 aromatic carbocycles. The van der Waals surface area contributed by atoms with E-state index in [-0.39, 0.29) is 5.69 Å². The van der Waals surface area contributed by atoms with Gasteiger partial charge in [0.2, 0.25) is 0 Å². The lowest BCUT2D eigenvalue weighted by molar-refractivity contribution is -0.137. The van der Waals surface area contributed by atoms with E-state index in [1.54, 1.807) is 18.2 Å². The normalized spacial score (nSPS) is 11.0. The first-order valence-corrected chi connectivity index (χ1v) is 7.10. The zero-order valence-electron chi connectivity index (χ0n) is 10.3. The van der Waals surface area contributed by atoms with E-state index in [1.807, 2.05) is 0 Å². The average Bonchev–Trinajstić information content (AvgIpc) is 2.41. The van der Waals surface area contributed by atoms with Crippen molar-refractivity contribution in [1.29, 1.82) is 5.26 Å². The molecule has 0 spiro atoms. The maximum Gasteiger partial charge on any atom is 0.417 e. The molecular formula is C14H7ClF3IN2. The number of hydrogen-bond acceptors (Lipinski definition) is 2. The van der Waals surface area contributed by atoms with E-state index in [9.17, 15) is 13.2 Å². The van der Waals surface area contributed by atoms with Crippen LogP contribution < -0.4 is 5.32 Å². The topological polar surface area (TPSA) is 35.8 Å². The van der Waals surface area contributed by atoms with Gasteiger partial charge in [0.25, 0.3) is 0 Å². The largest absolute Gasteiger partial charge is 0.417 e. The van der Waals surface area contributed by atoms with Crippen molar-refractivity contribution in [1.82, 2.24) is 0 Å². The van der Waals surface area contributed by atoms with Gasteiger partial charge in [0.05, 0.1) is 27.9 Å². The van der Waals surface area contributed by atoms with E-state index in [1.165, 1.54) is 12.1 Å².